The van der Waals surface area contributed by atoms with Crippen LogP contribution in [0, 0.1) is 19.8 Å². The van der Waals surface area contributed by atoms with Gasteiger partial charge < -0.3 is 5.11 Å². The molecule has 0 bridgehead atoms. The number of aryl methyl sites for hydroxylation is 2. The zero-order chi connectivity index (χ0) is 14.2. The van der Waals surface area contributed by atoms with Crippen LogP contribution in [0.25, 0.3) is 0 Å². The molecule has 108 valence electrons. The Balaban J connectivity index is 2.19. The van der Waals surface area contributed by atoms with E-state index in [4.69, 9.17) is 0 Å². The summed E-state index contributed by atoms with van der Waals surface area (Å²) in [5.74, 6) is 0.193. The molecule has 2 heterocycles. The van der Waals surface area contributed by atoms with Crippen LogP contribution >= 0.6 is 0 Å². The van der Waals surface area contributed by atoms with Crippen LogP contribution in [-0.4, -0.2) is 47.2 Å². The second-order valence-corrected chi connectivity index (χ2v) is 7.12. The molecule has 0 amide bonds. The van der Waals surface area contributed by atoms with Crippen LogP contribution in [0.1, 0.15) is 31.2 Å². The predicted octanol–water partition coefficient (Wildman–Crippen LogP) is 0.808. The minimum Gasteiger partial charge on any atom is -0.393 e. The first-order valence-corrected chi connectivity index (χ1v) is 7.98. The number of aliphatic hydroxyl groups excluding tert-OH is 1. The summed E-state index contributed by atoms with van der Waals surface area (Å²) < 4.78 is 26.6. The van der Waals surface area contributed by atoms with Crippen molar-refractivity contribution >= 4 is 10.0 Å². The minimum atomic E-state index is -3.47. The second-order valence-electron chi connectivity index (χ2n) is 5.25. The van der Waals surface area contributed by atoms with Gasteiger partial charge in [0.15, 0.2) is 0 Å². The molecular formula is C12H21N3O3S. The first-order chi connectivity index (χ1) is 8.84. The number of hydrogen-bond donors (Lipinski definition) is 2. The number of nitrogens with zero attached hydrogens (tertiary/aromatic N) is 2. The fraction of sp³-hybridized carbons (Fsp3) is 0.750. The highest BCUT2D eigenvalue weighted by Gasteiger charge is 2.33. The summed E-state index contributed by atoms with van der Waals surface area (Å²) >= 11 is 0. The van der Waals surface area contributed by atoms with Gasteiger partial charge in [0.25, 0.3) is 0 Å². The van der Waals surface area contributed by atoms with Gasteiger partial charge in [0, 0.05) is 13.1 Å². The van der Waals surface area contributed by atoms with Crippen LogP contribution in [0.5, 0.6) is 0 Å². The Morgan fingerprint density at radius 1 is 1.37 bits per heavy atom. The van der Waals surface area contributed by atoms with Gasteiger partial charge in [-0.15, -0.1) is 0 Å². The highest BCUT2D eigenvalue weighted by atomic mass is 32.2. The van der Waals surface area contributed by atoms with Crippen molar-refractivity contribution in [3.8, 4) is 0 Å². The number of sulfonamides is 1. The number of rotatable bonds is 3. The molecule has 1 unspecified atom stereocenters. The van der Waals surface area contributed by atoms with Gasteiger partial charge in [-0.05, 0) is 39.5 Å². The highest BCUT2D eigenvalue weighted by Crippen LogP contribution is 2.27. The van der Waals surface area contributed by atoms with E-state index in [1.807, 2.05) is 0 Å². The molecule has 1 aromatic heterocycles. The Morgan fingerprint density at radius 3 is 2.37 bits per heavy atom. The summed E-state index contributed by atoms with van der Waals surface area (Å²) in [4.78, 5) is 0.294. The van der Waals surface area contributed by atoms with E-state index in [9.17, 15) is 13.5 Å². The zero-order valence-corrected chi connectivity index (χ0v) is 12.4. The molecule has 1 aliphatic rings. The van der Waals surface area contributed by atoms with Crippen molar-refractivity contribution in [2.24, 2.45) is 5.92 Å². The van der Waals surface area contributed by atoms with Crippen LogP contribution in [0.4, 0.5) is 0 Å². The number of piperidine rings is 1. The SMILES string of the molecule is Cc1n[nH]c(C)c1S(=O)(=O)N1CCC(C(C)O)CC1. The van der Waals surface area contributed by atoms with Crippen LogP contribution in [0.2, 0.25) is 0 Å². The number of aromatic amines is 1. The smallest absolute Gasteiger partial charge is 0.246 e. The van der Waals surface area contributed by atoms with Gasteiger partial charge in [0.05, 0.1) is 17.5 Å². The van der Waals surface area contributed by atoms with Gasteiger partial charge >= 0.3 is 0 Å². The van der Waals surface area contributed by atoms with E-state index < -0.39 is 10.0 Å². The summed E-state index contributed by atoms with van der Waals surface area (Å²) in [5, 5.41) is 16.2. The average molecular weight is 287 g/mol. The van der Waals surface area contributed by atoms with Crippen molar-refractivity contribution in [2.75, 3.05) is 13.1 Å². The molecule has 1 saturated heterocycles. The number of hydrogen-bond acceptors (Lipinski definition) is 4. The zero-order valence-electron chi connectivity index (χ0n) is 11.5. The normalized spacial score (nSPS) is 20.6. The first-order valence-electron chi connectivity index (χ1n) is 6.54. The molecule has 1 aromatic rings. The monoisotopic (exact) mass is 287 g/mol. The lowest BCUT2D eigenvalue weighted by Gasteiger charge is -2.32. The van der Waals surface area contributed by atoms with E-state index in [2.05, 4.69) is 10.2 Å². The van der Waals surface area contributed by atoms with Crippen LogP contribution in [0.15, 0.2) is 4.90 Å². The Bertz CT molecular complexity index is 523. The van der Waals surface area contributed by atoms with Crippen molar-refractivity contribution in [1.82, 2.24) is 14.5 Å². The molecule has 7 heteroatoms. The third kappa shape index (κ3) is 2.68. The van der Waals surface area contributed by atoms with Crippen molar-refractivity contribution in [3.05, 3.63) is 11.4 Å². The number of H-pyrrole nitrogens is 1. The summed E-state index contributed by atoms with van der Waals surface area (Å²) in [5.41, 5.74) is 1.09. The van der Waals surface area contributed by atoms with E-state index in [1.165, 1.54) is 4.31 Å². The Morgan fingerprint density at radius 2 is 1.95 bits per heavy atom. The van der Waals surface area contributed by atoms with Gasteiger partial charge in [0.2, 0.25) is 10.0 Å². The fourth-order valence-electron chi connectivity index (χ4n) is 2.65. The molecule has 2 rings (SSSR count). The highest BCUT2D eigenvalue weighted by molar-refractivity contribution is 7.89. The van der Waals surface area contributed by atoms with Crippen molar-refractivity contribution in [3.63, 3.8) is 0 Å². The molecule has 1 atom stereocenters. The van der Waals surface area contributed by atoms with E-state index in [-0.39, 0.29) is 12.0 Å². The third-order valence-corrected chi connectivity index (χ3v) is 6.00. The fourth-order valence-corrected chi connectivity index (χ4v) is 4.45. The summed E-state index contributed by atoms with van der Waals surface area (Å²) in [6.07, 6.45) is 1.03. The third-order valence-electron chi connectivity index (χ3n) is 3.84. The summed E-state index contributed by atoms with van der Waals surface area (Å²) in [6, 6.07) is 0. The Hall–Kier alpha value is -0.920. The molecule has 6 nitrogen and oxygen atoms in total. The molecule has 0 spiro atoms. The summed E-state index contributed by atoms with van der Waals surface area (Å²) in [7, 11) is -3.47. The molecule has 1 aliphatic heterocycles. The van der Waals surface area contributed by atoms with E-state index in [1.54, 1.807) is 20.8 Å². The molecule has 0 saturated carbocycles. The van der Waals surface area contributed by atoms with Crippen molar-refractivity contribution < 1.29 is 13.5 Å². The molecule has 0 aromatic carbocycles. The van der Waals surface area contributed by atoms with Gasteiger partial charge in [-0.3, -0.25) is 5.10 Å². The maximum atomic E-state index is 12.6. The number of nitrogens with one attached hydrogen (secondary N) is 1. The lowest BCUT2D eigenvalue weighted by Crippen LogP contribution is -2.41. The van der Waals surface area contributed by atoms with Gasteiger partial charge in [-0.2, -0.15) is 9.40 Å². The average Bonchev–Trinajstić information content (AvgIpc) is 2.69. The lowest BCUT2D eigenvalue weighted by molar-refractivity contribution is 0.0912. The van der Waals surface area contributed by atoms with E-state index in [0.717, 1.165) is 0 Å². The Kier molecular flexibility index (Phi) is 3.98. The molecule has 1 fully saturated rings. The van der Waals surface area contributed by atoms with Gasteiger partial charge in [-0.25, -0.2) is 8.42 Å². The largest absolute Gasteiger partial charge is 0.393 e. The molecule has 2 N–H and O–H groups in total. The minimum absolute atomic E-state index is 0.193. The summed E-state index contributed by atoms with van der Waals surface area (Å²) in [6.45, 7) is 6.09. The maximum Gasteiger partial charge on any atom is 0.246 e. The topological polar surface area (TPSA) is 86.3 Å². The molecule has 0 aliphatic carbocycles. The first kappa shape index (κ1) is 14.5. The van der Waals surface area contributed by atoms with Gasteiger partial charge in [-0.1, -0.05) is 0 Å². The van der Waals surface area contributed by atoms with Gasteiger partial charge in [0.1, 0.15) is 4.90 Å². The standard InChI is InChI=1S/C12H21N3O3S/c1-8-12(9(2)14-13-8)19(17,18)15-6-4-11(5-7-15)10(3)16/h10-11,16H,4-7H2,1-3H3,(H,13,14). The number of aliphatic hydroxyl groups is 1. The molecular weight excluding hydrogens is 266 g/mol. The van der Waals surface area contributed by atoms with Crippen LogP contribution in [-0.2, 0) is 10.0 Å². The number of aromatic nitrogens is 2. The lowest BCUT2D eigenvalue weighted by atomic mass is 9.93. The van der Waals surface area contributed by atoms with Crippen LogP contribution in [0.3, 0.4) is 0 Å². The predicted molar refractivity (Wildman–Crippen MR) is 71.2 cm³/mol. The molecule has 19 heavy (non-hydrogen) atoms. The van der Waals surface area contributed by atoms with Crippen molar-refractivity contribution in [2.45, 2.75) is 44.6 Å². The quantitative estimate of drug-likeness (QED) is 0.861. The second kappa shape index (κ2) is 5.22. The maximum absolute atomic E-state index is 12.6. The molecule has 0 radical (unpaired) electrons. The van der Waals surface area contributed by atoms with E-state index in [0.29, 0.717) is 42.2 Å². The van der Waals surface area contributed by atoms with E-state index >= 15 is 0 Å². The van der Waals surface area contributed by atoms with Crippen molar-refractivity contribution in [1.29, 1.82) is 0 Å². The van der Waals surface area contributed by atoms with Crippen LogP contribution < -0.4 is 0 Å². The Labute approximate surface area is 113 Å².